The number of ether oxygens (including phenoxy) is 4. The zero-order valence-electron chi connectivity index (χ0n) is 19.5. The van der Waals surface area contributed by atoms with E-state index >= 15 is 0 Å². The van der Waals surface area contributed by atoms with Crippen molar-refractivity contribution in [1.29, 1.82) is 0 Å². The van der Waals surface area contributed by atoms with Gasteiger partial charge in [0, 0.05) is 11.1 Å². The Labute approximate surface area is 193 Å². The van der Waals surface area contributed by atoms with Crippen LogP contribution < -0.4 is 14.2 Å². The molecule has 1 aliphatic carbocycles. The van der Waals surface area contributed by atoms with Gasteiger partial charge >= 0.3 is 11.9 Å². The number of aryl methyl sites for hydroxylation is 1. The van der Waals surface area contributed by atoms with Crippen molar-refractivity contribution in [1.82, 2.24) is 0 Å². The first-order valence-corrected chi connectivity index (χ1v) is 11.4. The Morgan fingerprint density at radius 2 is 2.00 bits per heavy atom. The normalized spacial score (nSPS) is 16.4. The minimum Gasteiger partial charge on any atom is -0.495 e. The molecule has 0 bridgehead atoms. The van der Waals surface area contributed by atoms with Gasteiger partial charge in [-0.1, -0.05) is 20.3 Å². The molecule has 2 aromatic carbocycles. The number of benzene rings is 2. The Kier molecular flexibility index (Phi) is 6.61. The highest BCUT2D eigenvalue weighted by atomic mass is 16.6. The van der Waals surface area contributed by atoms with Crippen molar-refractivity contribution in [2.24, 2.45) is 11.8 Å². The number of methoxy groups -OCH3 is 1. The molecular weight excluding hydrogens is 424 g/mol. The number of esters is 2. The van der Waals surface area contributed by atoms with Gasteiger partial charge in [-0.05, 0) is 61.9 Å². The van der Waals surface area contributed by atoms with Gasteiger partial charge in [-0.3, -0.25) is 4.79 Å². The highest BCUT2D eigenvalue weighted by Gasteiger charge is 2.32. The van der Waals surface area contributed by atoms with Crippen molar-refractivity contribution in [2.45, 2.75) is 59.2 Å². The topological polar surface area (TPSA) is 91.3 Å². The van der Waals surface area contributed by atoms with E-state index in [1.807, 2.05) is 26.8 Å². The van der Waals surface area contributed by atoms with Crippen molar-refractivity contribution in [3.05, 3.63) is 46.5 Å². The number of hydrogen-bond acceptors (Lipinski definition) is 7. The largest absolute Gasteiger partial charge is 0.495 e. The van der Waals surface area contributed by atoms with Crippen LogP contribution in [0, 0.1) is 18.8 Å². The second kappa shape index (κ2) is 9.43. The highest BCUT2D eigenvalue weighted by Crippen LogP contribution is 2.45. The van der Waals surface area contributed by atoms with Gasteiger partial charge < -0.3 is 24.1 Å². The first-order valence-electron chi connectivity index (χ1n) is 11.4. The summed E-state index contributed by atoms with van der Waals surface area (Å²) in [5.41, 5.74) is 2.05. The molecule has 7 nitrogen and oxygen atoms in total. The molecule has 0 radical (unpaired) electrons. The quantitative estimate of drug-likeness (QED) is 0.471. The molecule has 0 saturated heterocycles. The van der Waals surface area contributed by atoms with E-state index in [-0.39, 0.29) is 41.5 Å². The van der Waals surface area contributed by atoms with E-state index in [0.717, 1.165) is 24.8 Å². The van der Waals surface area contributed by atoms with Gasteiger partial charge in [0.1, 0.15) is 23.7 Å². The summed E-state index contributed by atoms with van der Waals surface area (Å²) in [6, 6.07) is 6.89. The average Bonchev–Trinajstić information content (AvgIpc) is 2.70. The molecule has 0 spiro atoms. The Hall–Kier alpha value is -3.06. The van der Waals surface area contributed by atoms with E-state index in [2.05, 4.69) is 0 Å². The lowest BCUT2D eigenvalue weighted by atomic mass is 9.86. The van der Waals surface area contributed by atoms with Gasteiger partial charge in [0.05, 0.1) is 19.1 Å². The summed E-state index contributed by atoms with van der Waals surface area (Å²) in [5.74, 6) is 0.329. The minimum atomic E-state index is -0.808. The summed E-state index contributed by atoms with van der Waals surface area (Å²) in [6.07, 6.45) is 2.38. The summed E-state index contributed by atoms with van der Waals surface area (Å²) in [6.45, 7) is 5.84. The van der Waals surface area contributed by atoms with Crippen LogP contribution >= 0.6 is 0 Å². The maximum atomic E-state index is 13.0. The number of rotatable bonds is 6. The molecule has 1 saturated carbocycles. The van der Waals surface area contributed by atoms with Crippen molar-refractivity contribution in [2.75, 3.05) is 7.11 Å². The summed E-state index contributed by atoms with van der Waals surface area (Å²) >= 11 is 0. The molecule has 4 rings (SSSR count). The summed E-state index contributed by atoms with van der Waals surface area (Å²) in [7, 11) is 1.44. The first kappa shape index (κ1) is 23.1. The Morgan fingerprint density at radius 1 is 1.24 bits per heavy atom. The average molecular weight is 455 g/mol. The van der Waals surface area contributed by atoms with Crippen molar-refractivity contribution in [3.8, 4) is 23.0 Å². The summed E-state index contributed by atoms with van der Waals surface area (Å²) < 4.78 is 23.0. The van der Waals surface area contributed by atoms with Crippen LogP contribution in [0.5, 0.6) is 23.0 Å². The van der Waals surface area contributed by atoms with E-state index in [9.17, 15) is 14.7 Å². The van der Waals surface area contributed by atoms with Crippen LogP contribution in [0.1, 0.15) is 72.7 Å². The van der Waals surface area contributed by atoms with Crippen LogP contribution in [0.15, 0.2) is 24.3 Å². The van der Waals surface area contributed by atoms with Crippen LogP contribution in [-0.2, 0) is 16.1 Å². The third-order valence-electron chi connectivity index (χ3n) is 6.11. The maximum absolute atomic E-state index is 13.0. The molecule has 2 aromatic rings. The van der Waals surface area contributed by atoms with E-state index in [1.165, 1.54) is 7.11 Å². The molecule has 1 atom stereocenters. The van der Waals surface area contributed by atoms with Crippen LogP contribution in [0.25, 0.3) is 0 Å². The zero-order chi connectivity index (χ0) is 23.7. The molecule has 1 N–H and O–H groups in total. The molecule has 1 heterocycles. The number of carbonyl (C=O) groups is 2. The molecule has 0 unspecified atom stereocenters. The molecule has 1 fully saturated rings. The monoisotopic (exact) mass is 454 g/mol. The van der Waals surface area contributed by atoms with Crippen LogP contribution in [0.4, 0.5) is 0 Å². The SMILES string of the molecule is COc1c([C@@H](O)CC(C)C)ccc2c1C(=O)OCc1cc(C)cc(OC(=O)C3CCC3)c1O2. The number of aliphatic hydroxyl groups is 1. The maximum Gasteiger partial charge on any atom is 0.346 e. The Balaban J connectivity index is 1.76. The molecule has 1 aliphatic heterocycles. The van der Waals surface area contributed by atoms with E-state index in [0.29, 0.717) is 29.0 Å². The minimum absolute atomic E-state index is 0.0504. The summed E-state index contributed by atoms with van der Waals surface area (Å²) in [4.78, 5) is 25.5. The lowest BCUT2D eigenvalue weighted by molar-refractivity contribution is -0.141. The van der Waals surface area contributed by atoms with Gasteiger partial charge in [0.15, 0.2) is 11.5 Å². The summed E-state index contributed by atoms with van der Waals surface area (Å²) in [5, 5.41) is 10.7. The lowest BCUT2D eigenvalue weighted by Gasteiger charge is -2.26. The highest BCUT2D eigenvalue weighted by molar-refractivity contribution is 5.96. The first-order chi connectivity index (χ1) is 15.8. The van der Waals surface area contributed by atoms with Gasteiger partial charge in [-0.2, -0.15) is 0 Å². The third kappa shape index (κ3) is 4.69. The molecule has 0 amide bonds. The molecule has 33 heavy (non-hydrogen) atoms. The standard InChI is InChI=1S/C26H30O7/c1-14(2)10-19(27)18-8-9-20-22(24(18)30-4)26(29)31-13-17-11-15(3)12-21(23(17)32-20)33-25(28)16-6-5-7-16/h8-9,11-12,14,16,19,27H,5-7,10,13H2,1-4H3/t19-/m0/s1. The fourth-order valence-corrected chi connectivity index (χ4v) is 4.19. The van der Waals surface area contributed by atoms with Crippen molar-refractivity contribution >= 4 is 11.9 Å². The van der Waals surface area contributed by atoms with Crippen molar-refractivity contribution in [3.63, 3.8) is 0 Å². The van der Waals surface area contributed by atoms with E-state index in [1.54, 1.807) is 18.2 Å². The van der Waals surface area contributed by atoms with Crippen LogP contribution in [-0.4, -0.2) is 24.2 Å². The Bertz CT molecular complexity index is 1070. The molecule has 176 valence electrons. The van der Waals surface area contributed by atoms with Gasteiger partial charge in [0.2, 0.25) is 0 Å². The number of fused-ring (bicyclic) bond motifs is 2. The second-order valence-corrected chi connectivity index (χ2v) is 9.18. The third-order valence-corrected chi connectivity index (χ3v) is 6.11. The fourth-order valence-electron chi connectivity index (χ4n) is 4.19. The predicted molar refractivity (Wildman–Crippen MR) is 121 cm³/mol. The van der Waals surface area contributed by atoms with Gasteiger partial charge in [-0.25, -0.2) is 4.79 Å². The fraction of sp³-hybridized carbons (Fsp3) is 0.462. The van der Waals surface area contributed by atoms with Crippen LogP contribution in [0.3, 0.4) is 0 Å². The van der Waals surface area contributed by atoms with E-state index < -0.39 is 12.1 Å². The number of cyclic esters (lactones) is 1. The smallest absolute Gasteiger partial charge is 0.346 e. The van der Waals surface area contributed by atoms with Crippen LogP contribution in [0.2, 0.25) is 0 Å². The lowest BCUT2D eigenvalue weighted by Crippen LogP contribution is -2.26. The predicted octanol–water partition coefficient (Wildman–Crippen LogP) is 5.25. The Morgan fingerprint density at radius 3 is 2.64 bits per heavy atom. The second-order valence-electron chi connectivity index (χ2n) is 9.18. The molecule has 2 aliphatic rings. The van der Waals surface area contributed by atoms with E-state index in [4.69, 9.17) is 18.9 Å². The van der Waals surface area contributed by atoms with Gasteiger partial charge in [-0.15, -0.1) is 0 Å². The number of carbonyl (C=O) groups excluding carboxylic acids is 2. The number of hydrogen-bond donors (Lipinski definition) is 1. The molecule has 7 heteroatoms. The zero-order valence-corrected chi connectivity index (χ0v) is 19.5. The number of aliphatic hydroxyl groups excluding tert-OH is 1. The molecule has 0 aromatic heterocycles. The van der Waals surface area contributed by atoms with Crippen molar-refractivity contribution < 1.29 is 33.6 Å². The van der Waals surface area contributed by atoms with Gasteiger partial charge in [0.25, 0.3) is 0 Å². The molecular formula is C26H30O7.